The third-order valence-electron chi connectivity index (χ3n) is 5.37. The van der Waals surface area contributed by atoms with Crippen molar-refractivity contribution in [2.45, 2.75) is 13.3 Å². The first-order valence-electron chi connectivity index (χ1n) is 10.1. The number of piperazine rings is 1. The third-order valence-corrected chi connectivity index (χ3v) is 5.37. The van der Waals surface area contributed by atoms with E-state index in [1.807, 2.05) is 42.5 Å². The first kappa shape index (κ1) is 19.8. The number of amides is 2. The molecule has 0 unspecified atom stereocenters. The Labute approximate surface area is 175 Å². The molecule has 0 radical (unpaired) electrons. The number of benzene rings is 2. The van der Waals surface area contributed by atoms with Crippen LogP contribution in [0.3, 0.4) is 0 Å². The Balaban J connectivity index is 1.55. The number of methoxy groups -OCH3 is 1. The van der Waals surface area contributed by atoms with Crippen molar-refractivity contribution in [2.75, 3.05) is 43.5 Å². The summed E-state index contributed by atoms with van der Waals surface area (Å²) in [4.78, 5) is 29.3. The second kappa shape index (κ2) is 8.49. The Morgan fingerprint density at radius 2 is 1.73 bits per heavy atom. The summed E-state index contributed by atoms with van der Waals surface area (Å²) < 4.78 is 11.3. The lowest BCUT2D eigenvalue weighted by Gasteiger charge is -2.36. The van der Waals surface area contributed by atoms with Crippen LogP contribution in [0, 0.1) is 0 Å². The van der Waals surface area contributed by atoms with Gasteiger partial charge in [0.15, 0.2) is 0 Å². The maximum atomic E-state index is 13.3. The van der Waals surface area contributed by atoms with Gasteiger partial charge in [0, 0.05) is 38.0 Å². The van der Waals surface area contributed by atoms with Gasteiger partial charge in [-0.3, -0.25) is 9.59 Å². The number of furan rings is 1. The highest BCUT2D eigenvalue weighted by atomic mass is 16.5. The van der Waals surface area contributed by atoms with E-state index in [0.29, 0.717) is 43.9 Å². The number of para-hydroxylation sites is 3. The lowest BCUT2D eigenvalue weighted by molar-refractivity contribution is -0.115. The monoisotopic (exact) mass is 407 g/mol. The maximum Gasteiger partial charge on any atom is 0.291 e. The number of fused-ring (bicyclic) bond motifs is 1. The van der Waals surface area contributed by atoms with E-state index in [4.69, 9.17) is 9.15 Å². The maximum absolute atomic E-state index is 13.3. The van der Waals surface area contributed by atoms with E-state index in [9.17, 15) is 9.59 Å². The number of rotatable bonds is 5. The van der Waals surface area contributed by atoms with Crippen molar-refractivity contribution in [3.8, 4) is 5.75 Å². The molecule has 156 valence electrons. The van der Waals surface area contributed by atoms with Gasteiger partial charge >= 0.3 is 0 Å². The second-order valence-electron chi connectivity index (χ2n) is 7.16. The van der Waals surface area contributed by atoms with Gasteiger partial charge in [-0.15, -0.1) is 0 Å². The Bertz CT molecular complexity index is 1070. The first-order valence-corrected chi connectivity index (χ1v) is 10.1. The Hall–Kier alpha value is -3.48. The molecule has 0 atom stereocenters. The molecule has 30 heavy (non-hydrogen) atoms. The summed E-state index contributed by atoms with van der Waals surface area (Å²) in [5.41, 5.74) is 2.06. The summed E-state index contributed by atoms with van der Waals surface area (Å²) in [6.45, 7) is 4.24. The predicted octanol–water partition coefficient (Wildman–Crippen LogP) is 3.75. The van der Waals surface area contributed by atoms with Crippen LogP contribution >= 0.6 is 0 Å². The third kappa shape index (κ3) is 3.70. The highest BCUT2D eigenvalue weighted by molar-refractivity contribution is 6.10. The molecule has 1 fully saturated rings. The van der Waals surface area contributed by atoms with Gasteiger partial charge in [-0.1, -0.05) is 31.2 Å². The largest absolute Gasteiger partial charge is 0.495 e. The second-order valence-corrected chi connectivity index (χ2v) is 7.16. The minimum atomic E-state index is -0.211. The van der Waals surface area contributed by atoms with Crippen LogP contribution < -0.4 is 15.0 Å². The summed E-state index contributed by atoms with van der Waals surface area (Å²) >= 11 is 0. The number of hydrogen-bond donors (Lipinski definition) is 1. The van der Waals surface area contributed by atoms with Crippen LogP contribution in [0.1, 0.15) is 23.9 Å². The number of hydrogen-bond acceptors (Lipinski definition) is 5. The molecular formula is C23H25N3O4. The average Bonchev–Trinajstić information content (AvgIpc) is 3.16. The van der Waals surface area contributed by atoms with Crippen LogP contribution in [0.15, 0.2) is 52.9 Å². The molecule has 7 nitrogen and oxygen atoms in total. The minimum Gasteiger partial charge on any atom is -0.495 e. The molecule has 0 saturated carbocycles. The van der Waals surface area contributed by atoms with Gasteiger partial charge in [0.1, 0.15) is 17.0 Å². The van der Waals surface area contributed by atoms with Crippen molar-refractivity contribution < 1.29 is 18.7 Å². The fourth-order valence-corrected chi connectivity index (χ4v) is 3.73. The quantitative estimate of drug-likeness (QED) is 0.697. The number of ether oxygens (including phenoxy) is 1. The Morgan fingerprint density at radius 1 is 1.03 bits per heavy atom. The van der Waals surface area contributed by atoms with Crippen molar-refractivity contribution in [2.24, 2.45) is 0 Å². The lowest BCUT2D eigenvalue weighted by atomic mass is 10.2. The van der Waals surface area contributed by atoms with Crippen LogP contribution in [0.25, 0.3) is 11.0 Å². The zero-order chi connectivity index (χ0) is 21.1. The van der Waals surface area contributed by atoms with Gasteiger partial charge in [0.2, 0.25) is 11.7 Å². The van der Waals surface area contributed by atoms with Crippen LogP contribution in [-0.4, -0.2) is 50.0 Å². The lowest BCUT2D eigenvalue weighted by Crippen LogP contribution is -2.49. The summed E-state index contributed by atoms with van der Waals surface area (Å²) in [7, 11) is 1.66. The van der Waals surface area contributed by atoms with Crippen LogP contribution in [0.5, 0.6) is 5.75 Å². The highest BCUT2D eigenvalue weighted by Crippen LogP contribution is 2.33. The number of anilines is 2. The fraction of sp³-hybridized carbons (Fsp3) is 0.304. The van der Waals surface area contributed by atoms with E-state index in [1.54, 1.807) is 25.0 Å². The minimum absolute atomic E-state index is 0.156. The van der Waals surface area contributed by atoms with Crippen molar-refractivity contribution >= 4 is 34.2 Å². The molecule has 0 aliphatic carbocycles. The van der Waals surface area contributed by atoms with E-state index in [1.165, 1.54) is 0 Å². The number of carbonyl (C=O) groups is 2. The molecule has 1 aromatic heterocycles. The predicted molar refractivity (Wildman–Crippen MR) is 116 cm³/mol. The Kier molecular flexibility index (Phi) is 5.61. The molecular weight excluding hydrogens is 382 g/mol. The highest BCUT2D eigenvalue weighted by Gasteiger charge is 2.29. The average molecular weight is 407 g/mol. The van der Waals surface area contributed by atoms with Crippen LogP contribution in [0.2, 0.25) is 0 Å². The summed E-state index contributed by atoms with van der Waals surface area (Å²) in [6.07, 6.45) is 0.324. The molecule has 1 N–H and O–H groups in total. The SMILES string of the molecule is CCC(=O)Nc1c(C(=O)N2CCN(c3ccccc3OC)CC2)oc2ccccc12. The number of nitrogens with zero attached hydrogens (tertiary/aromatic N) is 2. The van der Waals surface area contributed by atoms with Gasteiger partial charge < -0.3 is 24.3 Å². The molecule has 2 heterocycles. The van der Waals surface area contributed by atoms with Gasteiger partial charge in [0.05, 0.1) is 12.8 Å². The summed E-state index contributed by atoms with van der Waals surface area (Å²) in [6, 6.07) is 15.2. The summed E-state index contributed by atoms with van der Waals surface area (Å²) in [5, 5.41) is 3.58. The standard InChI is InChI=1S/C23H25N3O4/c1-3-20(27)24-21-16-8-4-6-10-18(16)30-22(21)23(28)26-14-12-25(13-15-26)17-9-5-7-11-19(17)29-2/h4-11H,3,12-15H2,1-2H3,(H,24,27). The van der Waals surface area contributed by atoms with Gasteiger partial charge in [-0.05, 0) is 24.3 Å². The zero-order valence-corrected chi connectivity index (χ0v) is 17.2. The van der Waals surface area contributed by atoms with Crippen molar-refractivity contribution in [3.05, 3.63) is 54.3 Å². The van der Waals surface area contributed by atoms with E-state index in [2.05, 4.69) is 10.2 Å². The molecule has 2 aromatic carbocycles. The van der Waals surface area contributed by atoms with E-state index >= 15 is 0 Å². The smallest absolute Gasteiger partial charge is 0.291 e. The number of nitrogens with one attached hydrogen (secondary N) is 1. The van der Waals surface area contributed by atoms with Gasteiger partial charge in [0.25, 0.3) is 5.91 Å². The normalized spacial score (nSPS) is 14.1. The molecule has 2 amide bonds. The van der Waals surface area contributed by atoms with Gasteiger partial charge in [-0.2, -0.15) is 0 Å². The molecule has 3 aromatic rings. The molecule has 4 rings (SSSR count). The molecule has 7 heteroatoms. The van der Waals surface area contributed by atoms with Crippen molar-refractivity contribution in [1.29, 1.82) is 0 Å². The van der Waals surface area contributed by atoms with Gasteiger partial charge in [-0.25, -0.2) is 0 Å². The topological polar surface area (TPSA) is 75.0 Å². The summed E-state index contributed by atoms with van der Waals surface area (Å²) in [5.74, 6) is 0.636. The van der Waals surface area contributed by atoms with E-state index in [0.717, 1.165) is 16.8 Å². The van der Waals surface area contributed by atoms with Crippen molar-refractivity contribution in [1.82, 2.24) is 4.90 Å². The number of carbonyl (C=O) groups excluding carboxylic acids is 2. The molecule has 0 spiro atoms. The van der Waals surface area contributed by atoms with Crippen LogP contribution in [0.4, 0.5) is 11.4 Å². The molecule has 1 aliphatic rings. The van der Waals surface area contributed by atoms with E-state index < -0.39 is 0 Å². The molecule has 1 aliphatic heterocycles. The van der Waals surface area contributed by atoms with Crippen LogP contribution in [-0.2, 0) is 4.79 Å². The fourth-order valence-electron chi connectivity index (χ4n) is 3.73. The van der Waals surface area contributed by atoms with E-state index in [-0.39, 0.29) is 17.6 Å². The Morgan fingerprint density at radius 3 is 2.47 bits per heavy atom. The first-order chi connectivity index (χ1) is 14.6. The molecule has 1 saturated heterocycles. The molecule has 0 bridgehead atoms. The zero-order valence-electron chi connectivity index (χ0n) is 17.2. The van der Waals surface area contributed by atoms with Crippen molar-refractivity contribution in [3.63, 3.8) is 0 Å².